The van der Waals surface area contributed by atoms with Crippen LogP contribution in [0, 0.1) is 0 Å². The van der Waals surface area contributed by atoms with Crippen molar-refractivity contribution >= 4 is 17.8 Å². The Morgan fingerprint density at radius 2 is 1.11 bits per heavy atom. The summed E-state index contributed by atoms with van der Waals surface area (Å²) in [4.78, 5) is 40.1. The summed E-state index contributed by atoms with van der Waals surface area (Å²) >= 11 is 0. The Kier molecular flexibility index (Phi) is 6.36. The van der Waals surface area contributed by atoms with Crippen LogP contribution in [0.15, 0.2) is 60.7 Å². The Balaban J connectivity index is 1.54. The number of hydrogen-bond acceptors (Lipinski definition) is 3. The Labute approximate surface area is 159 Å². The zero-order valence-electron chi connectivity index (χ0n) is 15.3. The van der Waals surface area contributed by atoms with Crippen molar-refractivity contribution < 1.29 is 14.4 Å². The molecule has 1 fully saturated rings. The van der Waals surface area contributed by atoms with Gasteiger partial charge in [0.1, 0.15) is 0 Å². The smallest absolute Gasteiger partial charge is 0.274 e. The molecule has 1 aliphatic rings. The average Bonchev–Trinajstić information content (AvgIpc) is 2.72. The Morgan fingerprint density at radius 1 is 0.704 bits per heavy atom. The molecule has 2 aromatic rings. The summed E-state index contributed by atoms with van der Waals surface area (Å²) in [6.45, 7) is 0.768. The molecule has 0 aromatic heterocycles. The number of aryl methyl sites for hydroxylation is 2. The van der Waals surface area contributed by atoms with Gasteiger partial charge in [0, 0.05) is 25.9 Å². The largest absolute Gasteiger partial charge is 0.333 e. The lowest BCUT2D eigenvalue weighted by Crippen LogP contribution is -2.53. The summed E-state index contributed by atoms with van der Waals surface area (Å²) in [7, 11) is 0. The van der Waals surface area contributed by atoms with Crippen LogP contribution in [0.25, 0.3) is 0 Å². The molecular weight excluding hydrogens is 340 g/mol. The zero-order chi connectivity index (χ0) is 19.1. The molecule has 0 aliphatic carbocycles. The third kappa shape index (κ3) is 5.03. The van der Waals surface area contributed by atoms with Crippen LogP contribution < -0.4 is 0 Å². The molecular formula is C22H24N2O3. The van der Waals surface area contributed by atoms with Gasteiger partial charge in [-0.25, -0.2) is 4.79 Å². The third-order valence-corrected chi connectivity index (χ3v) is 4.77. The summed E-state index contributed by atoms with van der Waals surface area (Å²) in [6.07, 6.45) is 2.33. The summed E-state index contributed by atoms with van der Waals surface area (Å²) in [5.74, 6) is -0.436. The Hall–Kier alpha value is -2.95. The van der Waals surface area contributed by atoms with Gasteiger partial charge in [-0.3, -0.25) is 19.4 Å². The monoisotopic (exact) mass is 364 g/mol. The molecule has 5 heteroatoms. The van der Waals surface area contributed by atoms with E-state index in [1.54, 1.807) is 0 Å². The van der Waals surface area contributed by atoms with E-state index < -0.39 is 6.03 Å². The zero-order valence-corrected chi connectivity index (χ0v) is 15.3. The van der Waals surface area contributed by atoms with Crippen LogP contribution in [0.1, 0.15) is 30.4 Å². The normalized spacial score (nSPS) is 14.3. The van der Waals surface area contributed by atoms with E-state index in [0.29, 0.717) is 32.4 Å². The van der Waals surface area contributed by atoms with E-state index in [1.807, 2.05) is 60.7 Å². The van der Waals surface area contributed by atoms with Crippen molar-refractivity contribution in [2.24, 2.45) is 0 Å². The van der Waals surface area contributed by atoms with Gasteiger partial charge in [0.25, 0.3) is 0 Å². The van der Waals surface area contributed by atoms with Crippen molar-refractivity contribution in [1.82, 2.24) is 9.80 Å². The van der Waals surface area contributed by atoms with E-state index in [4.69, 9.17) is 0 Å². The van der Waals surface area contributed by atoms with Gasteiger partial charge in [0.2, 0.25) is 11.8 Å². The Morgan fingerprint density at radius 3 is 1.52 bits per heavy atom. The van der Waals surface area contributed by atoms with Gasteiger partial charge in [0.05, 0.1) is 0 Å². The molecule has 0 unspecified atom stereocenters. The molecule has 5 nitrogen and oxygen atoms in total. The average molecular weight is 364 g/mol. The molecule has 2 aromatic carbocycles. The molecule has 0 atom stereocenters. The van der Waals surface area contributed by atoms with Gasteiger partial charge in [-0.2, -0.15) is 0 Å². The fourth-order valence-electron chi connectivity index (χ4n) is 3.25. The predicted molar refractivity (Wildman–Crippen MR) is 103 cm³/mol. The van der Waals surface area contributed by atoms with Gasteiger partial charge in [-0.1, -0.05) is 60.7 Å². The minimum atomic E-state index is -0.475. The number of carbonyl (C=O) groups excluding carboxylic acids is 3. The second-order valence-corrected chi connectivity index (χ2v) is 6.70. The first-order chi connectivity index (χ1) is 13.1. The molecule has 140 valence electrons. The first kappa shape index (κ1) is 18.8. The minimum Gasteiger partial charge on any atom is -0.274 e. The summed E-state index contributed by atoms with van der Waals surface area (Å²) < 4.78 is 0. The van der Waals surface area contributed by atoms with Crippen LogP contribution >= 0.6 is 0 Å². The van der Waals surface area contributed by atoms with Gasteiger partial charge >= 0.3 is 6.03 Å². The topological polar surface area (TPSA) is 57.7 Å². The number of amides is 4. The first-order valence-electron chi connectivity index (χ1n) is 9.37. The van der Waals surface area contributed by atoms with Crippen molar-refractivity contribution in [3.05, 3.63) is 71.8 Å². The second kappa shape index (κ2) is 9.12. The molecule has 3 rings (SSSR count). The molecule has 1 heterocycles. The highest BCUT2D eigenvalue weighted by Crippen LogP contribution is 2.15. The quantitative estimate of drug-likeness (QED) is 0.789. The Bertz CT molecular complexity index is 724. The van der Waals surface area contributed by atoms with E-state index in [2.05, 4.69) is 0 Å². The van der Waals surface area contributed by atoms with Crippen LogP contribution in [0.3, 0.4) is 0 Å². The fraction of sp³-hybridized carbons (Fsp3) is 0.318. The van der Waals surface area contributed by atoms with Crippen molar-refractivity contribution in [1.29, 1.82) is 0 Å². The molecule has 0 bridgehead atoms. The summed E-state index contributed by atoms with van der Waals surface area (Å²) in [5, 5.41) is 0. The number of imide groups is 2. The van der Waals surface area contributed by atoms with Crippen molar-refractivity contribution in [3.8, 4) is 0 Å². The molecule has 0 spiro atoms. The van der Waals surface area contributed by atoms with Crippen LogP contribution in [0.2, 0.25) is 0 Å². The lowest BCUT2D eigenvalue weighted by molar-refractivity contribution is -0.133. The number of benzene rings is 2. The van der Waals surface area contributed by atoms with Crippen LogP contribution in [0.4, 0.5) is 4.79 Å². The van der Waals surface area contributed by atoms with E-state index in [-0.39, 0.29) is 24.7 Å². The molecule has 1 aliphatic heterocycles. The van der Waals surface area contributed by atoms with Crippen LogP contribution in [0.5, 0.6) is 0 Å². The number of rotatable bonds is 6. The maximum Gasteiger partial charge on any atom is 0.333 e. The van der Waals surface area contributed by atoms with E-state index in [9.17, 15) is 14.4 Å². The number of carbonyl (C=O) groups is 3. The third-order valence-electron chi connectivity index (χ3n) is 4.77. The lowest BCUT2D eigenvalue weighted by Gasteiger charge is -2.33. The molecule has 0 radical (unpaired) electrons. The van der Waals surface area contributed by atoms with Gasteiger partial charge < -0.3 is 0 Å². The summed E-state index contributed by atoms with van der Waals surface area (Å²) in [6, 6.07) is 19.0. The molecule has 0 N–H and O–H groups in total. The molecule has 4 amide bonds. The van der Waals surface area contributed by atoms with E-state index >= 15 is 0 Å². The van der Waals surface area contributed by atoms with Crippen LogP contribution in [-0.4, -0.2) is 40.7 Å². The number of hydrogen-bond donors (Lipinski definition) is 0. The van der Waals surface area contributed by atoms with Gasteiger partial charge in [0.15, 0.2) is 0 Å². The summed E-state index contributed by atoms with van der Waals surface area (Å²) in [5.41, 5.74) is 2.12. The maximum absolute atomic E-state index is 12.6. The van der Waals surface area contributed by atoms with Gasteiger partial charge in [-0.15, -0.1) is 0 Å². The van der Waals surface area contributed by atoms with Crippen molar-refractivity contribution in [3.63, 3.8) is 0 Å². The minimum absolute atomic E-state index is 0.218. The molecule has 27 heavy (non-hydrogen) atoms. The van der Waals surface area contributed by atoms with Crippen molar-refractivity contribution in [2.75, 3.05) is 13.1 Å². The fourth-order valence-corrected chi connectivity index (χ4v) is 3.25. The predicted octanol–water partition coefficient (Wildman–Crippen LogP) is 3.43. The highest BCUT2D eigenvalue weighted by molar-refractivity contribution is 6.02. The van der Waals surface area contributed by atoms with Crippen LogP contribution in [-0.2, 0) is 22.4 Å². The highest BCUT2D eigenvalue weighted by Gasteiger charge is 2.33. The number of nitrogens with zero attached hydrogens (tertiary/aromatic N) is 2. The van der Waals surface area contributed by atoms with Crippen molar-refractivity contribution in [2.45, 2.75) is 32.1 Å². The highest BCUT2D eigenvalue weighted by atomic mass is 16.2. The SMILES string of the molecule is O=C(CCc1ccccc1)N1CCCN(C(=O)CCc2ccccc2)C1=O. The number of urea groups is 1. The lowest BCUT2D eigenvalue weighted by atomic mass is 10.1. The first-order valence-corrected chi connectivity index (χ1v) is 9.37. The van der Waals surface area contributed by atoms with Gasteiger partial charge in [-0.05, 0) is 30.4 Å². The molecule has 1 saturated heterocycles. The van der Waals surface area contributed by atoms with E-state index in [0.717, 1.165) is 11.1 Å². The van der Waals surface area contributed by atoms with E-state index in [1.165, 1.54) is 9.80 Å². The molecule has 0 saturated carbocycles. The maximum atomic E-state index is 12.6. The second-order valence-electron chi connectivity index (χ2n) is 6.70. The standard InChI is InChI=1S/C22H24N2O3/c25-20(14-12-18-8-3-1-4-9-18)23-16-7-17-24(22(23)27)21(26)15-13-19-10-5-2-6-11-19/h1-6,8-11H,7,12-17H2.